The van der Waals surface area contributed by atoms with E-state index >= 15 is 0 Å². The molecule has 7 heteroatoms. The number of urea groups is 1. The van der Waals surface area contributed by atoms with E-state index in [2.05, 4.69) is 5.32 Å². The van der Waals surface area contributed by atoms with Gasteiger partial charge < -0.3 is 14.8 Å². The Morgan fingerprint density at radius 2 is 1.90 bits per heavy atom. The number of nitrogens with one attached hydrogen (secondary N) is 2. The molecule has 0 heterocycles. The van der Waals surface area contributed by atoms with Gasteiger partial charge in [-0.05, 0) is 18.1 Å². The normalized spacial score (nSPS) is 9.62. The lowest BCUT2D eigenvalue weighted by atomic mass is 10.1. The maximum Gasteiger partial charge on any atom is 0.321 e. The molecule has 1 aromatic rings. The number of benzene rings is 1. The van der Waals surface area contributed by atoms with Crippen LogP contribution in [0.25, 0.3) is 0 Å². The van der Waals surface area contributed by atoms with E-state index in [-0.39, 0.29) is 6.42 Å². The lowest BCUT2D eigenvalue weighted by Crippen LogP contribution is -2.39. The molecule has 0 saturated heterocycles. The summed E-state index contributed by atoms with van der Waals surface area (Å²) < 4.78 is 9.94. The number of hydrogen-bond donors (Lipinski definition) is 2. The van der Waals surface area contributed by atoms with Gasteiger partial charge in [-0.3, -0.25) is 14.9 Å². The average molecular weight is 294 g/mol. The number of amides is 3. The zero-order valence-electron chi connectivity index (χ0n) is 12.0. The molecule has 0 spiro atoms. The monoisotopic (exact) mass is 294 g/mol. The molecule has 21 heavy (non-hydrogen) atoms. The molecule has 1 aromatic carbocycles. The third kappa shape index (κ3) is 5.94. The van der Waals surface area contributed by atoms with Crippen molar-refractivity contribution in [1.29, 1.82) is 0 Å². The van der Waals surface area contributed by atoms with Crippen molar-refractivity contribution in [3.8, 4) is 5.75 Å². The van der Waals surface area contributed by atoms with Crippen molar-refractivity contribution in [2.24, 2.45) is 0 Å². The fourth-order valence-corrected chi connectivity index (χ4v) is 1.59. The molecule has 0 saturated carbocycles. The number of carbonyl (C=O) groups excluding carboxylic acids is 3. The molecule has 0 aliphatic carbocycles. The van der Waals surface area contributed by atoms with Crippen molar-refractivity contribution in [1.82, 2.24) is 10.6 Å². The van der Waals surface area contributed by atoms with Crippen LogP contribution in [0, 0.1) is 0 Å². The van der Waals surface area contributed by atoms with Crippen molar-refractivity contribution >= 4 is 17.9 Å². The summed E-state index contributed by atoms with van der Waals surface area (Å²) in [6.07, 6.45) is 0.563. The summed E-state index contributed by atoms with van der Waals surface area (Å²) in [6.45, 7) is -0.488. The number of methoxy groups -OCH3 is 1. The molecule has 3 amide bonds. The standard InChI is InChI=1S/C14H18N2O5/c1-15-14(19)16-12(17)9-21-13(18)8-7-10-5-3-4-6-11(10)20-2/h3-6H,7-9H2,1-2H3,(H2,15,16,17,19). The van der Waals surface area contributed by atoms with Gasteiger partial charge in [0, 0.05) is 13.5 Å². The number of rotatable bonds is 6. The summed E-state index contributed by atoms with van der Waals surface area (Å²) in [5.41, 5.74) is 0.881. The van der Waals surface area contributed by atoms with E-state index in [9.17, 15) is 14.4 Å². The van der Waals surface area contributed by atoms with E-state index in [0.717, 1.165) is 5.56 Å². The fraction of sp³-hybridized carbons (Fsp3) is 0.357. The van der Waals surface area contributed by atoms with Gasteiger partial charge in [-0.15, -0.1) is 0 Å². The predicted molar refractivity (Wildman–Crippen MR) is 74.9 cm³/mol. The first-order valence-corrected chi connectivity index (χ1v) is 6.36. The highest BCUT2D eigenvalue weighted by Crippen LogP contribution is 2.18. The summed E-state index contributed by atoms with van der Waals surface area (Å²) in [5.74, 6) is -0.504. The van der Waals surface area contributed by atoms with Crippen molar-refractivity contribution in [3.63, 3.8) is 0 Å². The van der Waals surface area contributed by atoms with Crippen LogP contribution in [0.1, 0.15) is 12.0 Å². The van der Waals surface area contributed by atoms with Gasteiger partial charge in [-0.25, -0.2) is 4.79 Å². The van der Waals surface area contributed by atoms with Crippen LogP contribution in [0.5, 0.6) is 5.75 Å². The largest absolute Gasteiger partial charge is 0.496 e. The predicted octanol–water partition coefficient (Wildman–Crippen LogP) is 0.627. The van der Waals surface area contributed by atoms with Crippen molar-refractivity contribution < 1.29 is 23.9 Å². The number of ether oxygens (including phenoxy) is 2. The first kappa shape index (κ1) is 16.5. The maximum absolute atomic E-state index is 11.5. The van der Waals surface area contributed by atoms with E-state index in [1.54, 1.807) is 13.2 Å². The number of para-hydroxylation sites is 1. The Hall–Kier alpha value is -2.57. The SMILES string of the molecule is CNC(=O)NC(=O)COC(=O)CCc1ccccc1OC. The zero-order valence-corrected chi connectivity index (χ0v) is 12.0. The number of hydrogen-bond acceptors (Lipinski definition) is 5. The molecule has 7 nitrogen and oxygen atoms in total. The smallest absolute Gasteiger partial charge is 0.321 e. The van der Waals surface area contributed by atoms with Crippen LogP contribution in [-0.4, -0.2) is 38.7 Å². The Morgan fingerprint density at radius 3 is 2.57 bits per heavy atom. The molecule has 0 radical (unpaired) electrons. The van der Waals surface area contributed by atoms with E-state index in [4.69, 9.17) is 9.47 Å². The molecular weight excluding hydrogens is 276 g/mol. The lowest BCUT2D eigenvalue weighted by molar-refractivity contribution is -0.148. The van der Waals surface area contributed by atoms with Gasteiger partial charge in [0.25, 0.3) is 5.91 Å². The van der Waals surface area contributed by atoms with Gasteiger partial charge in [0.15, 0.2) is 6.61 Å². The first-order chi connectivity index (χ1) is 10.1. The minimum Gasteiger partial charge on any atom is -0.496 e. The Bertz CT molecular complexity index is 516. The first-order valence-electron chi connectivity index (χ1n) is 6.36. The molecule has 0 unspecified atom stereocenters. The number of esters is 1. The van der Waals surface area contributed by atoms with Gasteiger partial charge in [0.1, 0.15) is 5.75 Å². The van der Waals surface area contributed by atoms with Crippen LogP contribution in [-0.2, 0) is 20.7 Å². The van der Waals surface area contributed by atoms with Crippen molar-refractivity contribution in [2.45, 2.75) is 12.8 Å². The van der Waals surface area contributed by atoms with E-state index in [1.807, 2.05) is 23.5 Å². The van der Waals surface area contributed by atoms with E-state index in [1.165, 1.54) is 7.05 Å². The molecule has 0 atom stereocenters. The van der Waals surface area contributed by atoms with Gasteiger partial charge in [-0.2, -0.15) is 0 Å². The van der Waals surface area contributed by atoms with Gasteiger partial charge in [0.05, 0.1) is 7.11 Å². The average Bonchev–Trinajstić information content (AvgIpc) is 2.50. The Kier molecular flexibility index (Phi) is 6.73. The Morgan fingerprint density at radius 1 is 1.19 bits per heavy atom. The summed E-state index contributed by atoms with van der Waals surface area (Å²) >= 11 is 0. The number of carbonyl (C=O) groups is 3. The lowest BCUT2D eigenvalue weighted by Gasteiger charge is -2.08. The highest BCUT2D eigenvalue weighted by molar-refractivity contribution is 5.95. The minimum atomic E-state index is -0.681. The van der Waals surface area contributed by atoms with Crippen LogP contribution in [0.4, 0.5) is 4.79 Å². The zero-order chi connectivity index (χ0) is 15.7. The van der Waals surface area contributed by atoms with Gasteiger partial charge in [0.2, 0.25) is 0 Å². The van der Waals surface area contributed by atoms with Crippen molar-refractivity contribution in [3.05, 3.63) is 29.8 Å². The molecule has 0 aliphatic heterocycles. The maximum atomic E-state index is 11.5. The van der Waals surface area contributed by atoms with Crippen LogP contribution in [0.2, 0.25) is 0 Å². The van der Waals surface area contributed by atoms with E-state index in [0.29, 0.717) is 12.2 Å². The minimum absolute atomic E-state index is 0.119. The van der Waals surface area contributed by atoms with Crippen molar-refractivity contribution in [2.75, 3.05) is 20.8 Å². The second kappa shape index (κ2) is 8.57. The Labute approximate surface area is 122 Å². The highest BCUT2D eigenvalue weighted by Gasteiger charge is 2.11. The molecule has 0 aliphatic rings. The van der Waals surface area contributed by atoms with Crippen LogP contribution in [0.15, 0.2) is 24.3 Å². The van der Waals surface area contributed by atoms with Crippen LogP contribution in [0.3, 0.4) is 0 Å². The molecule has 0 bridgehead atoms. The molecular formula is C14H18N2O5. The third-order valence-electron chi connectivity index (χ3n) is 2.64. The van der Waals surface area contributed by atoms with Crippen LogP contribution < -0.4 is 15.4 Å². The topological polar surface area (TPSA) is 93.7 Å². The second-order valence-electron chi connectivity index (χ2n) is 4.10. The number of imide groups is 1. The molecule has 114 valence electrons. The molecule has 2 N–H and O–H groups in total. The number of aryl methyl sites for hydroxylation is 1. The second-order valence-corrected chi connectivity index (χ2v) is 4.10. The molecule has 0 aromatic heterocycles. The third-order valence-corrected chi connectivity index (χ3v) is 2.64. The van der Waals surface area contributed by atoms with E-state index < -0.39 is 24.5 Å². The Balaban J connectivity index is 2.34. The highest BCUT2D eigenvalue weighted by atomic mass is 16.5. The summed E-state index contributed by atoms with van der Waals surface area (Å²) in [5, 5.41) is 4.21. The van der Waals surface area contributed by atoms with Crippen LogP contribution >= 0.6 is 0 Å². The molecule has 0 fully saturated rings. The summed E-state index contributed by atoms with van der Waals surface area (Å²) in [6, 6.07) is 6.69. The summed E-state index contributed by atoms with van der Waals surface area (Å²) in [7, 11) is 2.93. The summed E-state index contributed by atoms with van der Waals surface area (Å²) in [4.78, 5) is 33.6. The van der Waals surface area contributed by atoms with Gasteiger partial charge >= 0.3 is 12.0 Å². The van der Waals surface area contributed by atoms with Gasteiger partial charge in [-0.1, -0.05) is 18.2 Å². The quantitative estimate of drug-likeness (QED) is 0.750. The molecule has 1 rings (SSSR count). The fourth-order valence-electron chi connectivity index (χ4n) is 1.59.